The van der Waals surface area contributed by atoms with Gasteiger partial charge < -0.3 is 84.0 Å². The summed E-state index contributed by atoms with van der Waals surface area (Å²) in [7, 11) is 0. The Hall–Kier alpha value is -7.31. The molecule has 0 saturated heterocycles. The number of hydrogen-bond donors (Lipinski definition) is 6. The highest BCUT2D eigenvalue weighted by Gasteiger charge is 2.29. The van der Waals surface area contributed by atoms with Gasteiger partial charge in [-0.2, -0.15) is 8.78 Å². The molecule has 0 heterocycles. The van der Waals surface area contributed by atoms with Gasteiger partial charge in [-0.25, -0.2) is 13.2 Å². The maximum atomic E-state index is 14.1. The first kappa shape index (κ1) is 82.7. The number of esters is 1. The van der Waals surface area contributed by atoms with Crippen LogP contribution in [0.2, 0.25) is 0 Å². The maximum absolute atomic E-state index is 14.1. The Kier molecular flexibility index (Phi) is 51.8. The lowest BCUT2D eigenvalue weighted by Gasteiger charge is -2.23. The third-order valence-corrected chi connectivity index (χ3v) is 11.9. The van der Waals surface area contributed by atoms with Crippen molar-refractivity contribution >= 4 is 41.4 Å². The summed E-state index contributed by atoms with van der Waals surface area (Å²) >= 11 is 0. The van der Waals surface area contributed by atoms with Gasteiger partial charge in [0.2, 0.25) is 70.3 Å². The normalized spacial score (nSPS) is 11.5. The molecule has 0 bridgehead atoms. The number of benzene rings is 1. The molecule has 0 spiro atoms. The second kappa shape index (κ2) is 57.6. The Balaban J connectivity index is 2.79. The second-order valence-corrected chi connectivity index (χ2v) is 19.0. The molecule has 0 saturated carbocycles. The number of carbonyl (C=O) groups is 7. The summed E-state index contributed by atoms with van der Waals surface area (Å²) in [6.07, 6.45) is 1.59. The van der Waals surface area contributed by atoms with Gasteiger partial charge in [0.15, 0.2) is 0 Å². The molecular weight excluding hydrogens is 1240 g/mol. The SMILES string of the molecule is [N-]=[N+]=NCCOCCOCCC(=O)NCCCCC(NC(=O)CCCNC(=O)CCOCCOCCN=[N+]=[N-])C(=O)N[C@@H](CCCCNC(=O)CCOCCOCCN=[N+]=[N-])C(=O)NCCOCCOCCOCCOCCC(=O)Oc1c(F)c(F)c(F)c(F)c1F. The lowest BCUT2D eigenvalue weighted by molar-refractivity contribution is -0.136. The van der Waals surface area contributed by atoms with Crippen molar-refractivity contribution < 1.29 is 108 Å². The summed E-state index contributed by atoms with van der Waals surface area (Å²) in [5, 5.41) is 26.6. The minimum Gasteiger partial charge on any atom is -0.420 e. The largest absolute Gasteiger partial charge is 0.420 e. The van der Waals surface area contributed by atoms with Crippen molar-refractivity contribution in [1.82, 2.24) is 31.9 Å². The Labute approximate surface area is 528 Å². The van der Waals surface area contributed by atoms with Gasteiger partial charge >= 0.3 is 5.97 Å². The van der Waals surface area contributed by atoms with Crippen molar-refractivity contribution in [2.24, 2.45) is 15.3 Å². The van der Waals surface area contributed by atoms with Gasteiger partial charge in [0.1, 0.15) is 12.1 Å². The van der Waals surface area contributed by atoms with Gasteiger partial charge in [-0.1, -0.05) is 15.3 Å². The molecule has 0 fully saturated rings. The van der Waals surface area contributed by atoms with E-state index in [-0.39, 0.29) is 241 Å². The summed E-state index contributed by atoms with van der Waals surface area (Å²) in [6.45, 7) is 4.02. The molecule has 1 unspecified atom stereocenters. The molecule has 0 aliphatic rings. The molecule has 1 aromatic rings. The summed E-state index contributed by atoms with van der Waals surface area (Å²) < 4.78 is 125. The van der Waals surface area contributed by atoms with Crippen LogP contribution in [-0.2, 0) is 80.9 Å². The quantitative estimate of drug-likeness (QED) is 0.00625. The number of rotatable bonds is 61. The Morgan fingerprint density at radius 2 is 0.685 bits per heavy atom. The van der Waals surface area contributed by atoms with Crippen LogP contribution in [0.5, 0.6) is 5.75 Å². The summed E-state index contributed by atoms with van der Waals surface area (Å²) in [5.41, 5.74) is 25.0. The Morgan fingerprint density at radius 1 is 0.348 bits per heavy atom. The highest BCUT2D eigenvalue weighted by atomic mass is 19.2. The highest BCUT2D eigenvalue weighted by Crippen LogP contribution is 2.29. The van der Waals surface area contributed by atoms with Crippen molar-refractivity contribution in [1.29, 1.82) is 0 Å². The van der Waals surface area contributed by atoms with E-state index in [1.54, 1.807) is 0 Å². The molecule has 0 radical (unpaired) electrons. The van der Waals surface area contributed by atoms with Crippen molar-refractivity contribution in [3.05, 3.63) is 60.4 Å². The molecule has 0 aliphatic carbocycles. The number of nitrogens with one attached hydrogen (secondary N) is 6. The van der Waals surface area contributed by atoms with E-state index in [9.17, 15) is 55.5 Å². The van der Waals surface area contributed by atoms with E-state index in [1.807, 2.05) is 0 Å². The zero-order chi connectivity index (χ0) is 67.5. The van der Waals surface area contributed by atoms with Gasteiger partial charge in [-0.05, 0) is 61.5 Å². The molecular formula is C54H86F5N15O18. The van der Waals surface area contributed by atoms with Crippen LogP contribution in [0.25, 0.3) is 31.3 Å². The summed E-state index contributed by atoms with van der Waals surface area (Å²) in [6, 6.07) is -2.22. The van der Waals surface area contributed by atoms with Crippen molar-refractivity contribution in [2.45, 2.75) is 89.1 Å². The molecule has 92 heavy (non-hydrogen) atoms. The first-order valence-corrected chi connectivity index (χ1v) is 29.9. The van der Waals surface area contributed by atoms with E-state index >= 15 is 0 Å². The van der Waals surface area contributed by atoms with E-state index < -0.39 is 77.0 Å². The van der Waals surface area contributed by atoms with Crippen LogP contribution < -0.4 is 36.6 Å². The Morgan fingerprint density at radius 3 is 1.09 bits per heavy atom. The fourth-order valence-electron chi connectivity index (χ4n) is 7.26. The first-order chi connectivity index (χ1) is 44.7. The molecule has 33 nitrogen and oxygen atoms in total. The van der Waals surface area contributed by atoms with Crippen LogP contribution in [0.4, 0.5) is 22.0 Å². The van der Waals surface area contributed by atoms with Crippen LogP contribution >= 0.6 is 0 Å². The topological polar surface area (TPSA) is 439 Å². The molecule has 0 aliphatic heterocycles. The van der Waals surface area contributed by atoms with Crippen LogP contribution in [0, 0.1) is 29.1 Å². The average molecular weight is 1330 g/mol. The second-order valence-electron chi connectivity index (χ2n) is 19.0. The average Bonchev–Trinajstić information content (AvgIpc) is 1.15. The van der Waals surface area contributed by atoms with Gasteiger partial charge in [-0.15, -0.1) is 0 Å². The van der Waals surface area contributed by atoms with Crippen LogP contribution in [0.15, 0.2) is 15.3 Å². The number of ether oxygens (including phenoxy) is 11. The van der Waals surface area contributed by atoms with Gasteiger partial charge in [0, 0.05) is 86.2 Å². The molecule has 520 valence electrons. The molecule has 6 amide bonds. The van der Waals surface area contributed by atoms with Gasteiger partial charge in [-0.3, -0.25) is 33.6 Å². The smallest absolute Gasteiger partial charge is 0.313 e. The minimum atomic E-state index is -2.40. The fraction of sp³-hybridized carbons (Fsp3) is 0.759. The summed E-state index contributed by atoms with van der Waals surface area (Å²) in [5.74, 6) is -17.1. The van der Waals surface area contributed by atoms with E-state index in [4.69, 9.17) is 64.0 Å². The molecule has 1 aromatic carbocycles. The fourth-order valence-corrected chi connectivity index (χ4v) is 7.26. The summed E-state index contributed by atoms with van der Waals surface area (Å²) in [4.78, 5) is 98.1. The third-order valence-electron chi connectivity index (χ3n) is 11.9. The van der Waals surface area contributed by atoms with E-state index in [0.29, 0.717) is 25.7 Å². The number of hydrogen-bond acceptors (Lipinski definition) is 21. The van der Waals surface area contributed by atoms with E-state index in [0.717, 1.165) is 0 Å². The molecule has 2 atom stereocenters. The molecule has 38 heteroatoms. The highest BCUT2D eigenvalue weighted by molar-refractivity contribution is 5.92. The zero-order valence-electron chi connectivity index (χ0n) is 51.5. The lowest BCUT2D eigenvalue weighted by atomic mass is 10.0. The van der Waals surface area contributed by atoms with Crippen LogP contribution in [0.1, 0.15) is 77.0 Å². The number of nitrogens with zero attached hydrogens (tertiary/aromatic N) is 9. The number of unbranched alkanes of at least 4 members (excludes halogenated alkanes) is 2. The molecule has 1 rings (SSSR count). The molecule has 0 aromatic heterocycles. The van der Waals surface area contributed by atoms with Crippen LogP contribution in [0.3, 0.4) is 0 Å². The van der Waals surface area contributed by atoms with Crippen molar-refractivity contribution in [3.8, 4) is 5.75 Å². The zero-order valence-corrected chi connectivity index (χ0v) is 51.5. The van der Waals surface area contributed by atoms with Gasteiger partial charge in [0.25, 0.3) is 0 Å². The van der Waals surface area contributed by atoms with E-state index in [2.05, 4.69) is 66.7 Å². The Bertz CT molecular complexity index is 2410. The van der Waals surface area contributed by atoms with Gasteiger partial charge in [0.05, 0.1) is 139 Å². The number of amides is 6. The van der Waals surface area contributed by atoms with E-state index in [1.165, 1.54) is 0 Å². The third kappa shape index (κ3) is 45.0. The van der Waals surface area contributed by atoms with Crippen molar-refractivity contribution in [3.63, 3.8) is 0 Å². The number of carbonyl (C=O) groups excluding carboxylic acids is 7. The monoisotopic (exact) mass is 1330 g/mol. The minimum absolute atomic E-state index is 0.0233. The van der Waals surface area contributed by atoms with Crippen molar-refractivity contribution in [2.75, 3.05) is 178 Å². The maximum Gasteiger partial charge on any atom is 0.313 e. The lowest BCUT2D eigenvalue weighted by Crippen LogP contribution is -2.54. The standard InChI is InChI=1S/C54H86F5N15O18/c55-47-48(56)50(58)52(51(59)49(47)57)92-46(79)12-23-85-31-36-90-38-39-91-37-35-86-24-16-66-53(80)40(6-1-3-13-63-42(75)9-20-82-28-32-87-25-17-67-72-60)71-54(81)41(7-2-4-14-64-43(76)10-21-83-29-33-88-26-18-68-73-61)70-45(78)8-5-15-65-44(77)11-22-84-30-34-89-27-19-69-74-62/h40-41H,1-39H2,(H,63,75)(H,64,76)(H,65,77)(H,66,80)(H,70,78)(H,71,81)/t40-,41?/m0/s1. The molecule has 6 N–H and O–H groups in total. The van der Waals surface area contributed by atoms with Crippen LogP contribution in [-0.4, -0.2) is 231 Å². The number of halogens is 5. The number of azide groups is 3. The predicted molar refractivity (Wildman–Crippen MR) is 313 cm³/mol. The first-order valence-electron chi connectivity index (χ1n) is 29.9. The predicted octanol–water partition coefficient (Wildman–Crippen LogP) is 3.50.